The Morgan fingerprint density at radius 1 is 1.21 bits per heavy atom. The van der Waals surface area contributed by atoms with Gasteiger partial charge in [0.15, 0.2) is 24.1 Å². The molecule has 0 aliphatic carbocycles. The molecule has 2 aromatic rings. The number of methoxy groups -OCH3 is 1. The summed E-state index contributed by atoms with van der Waals surface area (Å²) in [5, 5.41) is 0. The van der Waals surface area contributed by atoms with Crippen molar-refractivity contribution >= 4 is 27.8 Å². The van der Waals surface area contributed by atoms with Crippen LogP contribution < -0.4 is 14.2 Å². The van der Waals surface area contributed by atoms with Crippen molar-refractivity contribution < 1.29 is 23.7 Å². The Bertz CT molecular complexity index is 785. The van der Waals surface area contributed by atoms with Gasteiger partial charge in [0.1, 0.15) is 5.75 Å². The summed E-state index contributed by atoms with van der Waals surface area (Å²) in [6, 6.07) is 10.8. The molecule has 1 aliphatic heterocycles. The molecule has 0 spiro atoms. The monoisotopic (exact) mass is 390 g/mol. The number of carbonyl (C=O) groups excluding carboxylic acids is 1. The van der Waals surface area contributed by atoms with Crippen LogP contribution in [0.4, 0.5) is 0 Å². The van der Waals surface area contributed by atoms with Gasteiger partial charge in [-0.15, -0.1) is 0 Å². The minimum absolute atomic E-state index is 0.0772. The van der Waals surface area contributed by atoms with E-state index >= 15 is 0 Å². The molecule has 1 aliphatic rings. The third-order valence-electron chi connectivity index (χ3n) is 3.36. The highest BCUT2D eigenvalue weighted by Crippen LogP contribution is 2.33. The van der Waals surface area contributed by atoms with Crippen molar-refractivity contribution in [2.75, 3.05) is 20.7 Å². The van der Waals surface area contributed by atoms with E-state index in [1.54, 1.807) is 18.2 Å². The standard InChI is InChI=1S/C18H15BrO5/c1-21-10-22-16-7-4-13(19)9-14(16)15(20)5-2-12-3-6-17-18(8-12)24-11-23-17/h2-9H,10-11H2,1H3/b5-2+. The largest absolute Gasteiger partial charge is 0.467 e. The molecule has 0 saturated carbocycles. The third-order valence-corrected chi connectivity index (χ3v) is 3.86. The van der Waals surface area contributed by atoms with Crippen molar-refractivity contribution in [3.8, 4) is 17.2 Å². The van der Waals surface area contributed by atoms with Gasteiger partial charge in [0.2, 0.25) is 6.79 Å². The fraction of sp³-hybridized carbons (Fsp3) is 0.167. The molecule has 0 atom stereocenters. The maximum atomic E-state index is 12.5. The van der Waals surface area contributed by atoms with Crippen molar-refractivity contribution in [1.29, 1.82) is 0 Å². The highest BCUT2D eigenvalue weighted by Gasteiger charge is 2.13. The third kappa shape index (κ3) is 3.77. The van der Waals surface area contributed by atoms with Crippen molar-refractivity contribution in [2.24, 2.45) is 0 Å². The zero-order chi connectivity index (χ0) is 16.9. The van der Waals surface area contributed by atoms with Crippen LogP contribution in [0.25, 0.3) is 6.08 Å². The predicted octanol–water partition coefficient (Wildman–Crippen LogP) is 4.06. The second-order valence-electron chi connectivity index (χ2n) is 5.00. The van der Waals surface area contributed by atoms with Crippen molar-refractivity contribution in [2.45, 2.75) is 0 Å². The lowest BCUT2D eigenvalue weighted by Gasteiger charge is -2.09. The van der Waals surface area contributed by atoms with Gasteiger partial charge in [-0.05, 0) is 42.0 Å². The first kappa shape index (κ1) is 16.5. The van der Waals surface area contributed by atoms with Gasteiger partial charge in [-0.25, -0.2) is 0 Å². The highest BCUT2D eigenvalue weighted by atomic mass is 79.9. The van der Waals surface area contributed by atoms with Crippen LogP contribution >= 0.6 is 15.9 Å². The fourth-order valence-corrected chi connectivity index (χ4v) is 2.58. The number of carbonyl (C=O) groups is 1. The van der Waals surface area contributed by atoms with Gasteiger partial charge in [0.25, 0.3) is 0 Å². The van der Waals surface area contributed by atoms with E-state index in [-0.39, 0.29) is 19.4 Å². The van der Waals surface area contributed by atoms with Gasteiger partial charge >= 0.3 is 0 Å². The smallest absolute Gasteiger partial charge is 0.231 e. The number of hydrogen-bond donors (Lipinski definition) is 0. The number of hydrogen-bond acceptors (Lipinski definition) is 5. The summed E-state index contributed by atoms with van der Waals surface area (Å²) in [4.78, 5) is 12.5. The second-order valence-corrected chi connectivity index (χ2v) is 5.92. The number of rotatable bonds is 6. The molecule has 24 heavy (non-hydrogen) atoms. The van der Waals surface area contributed by atoms with Crippen molar-refractivity contribution in [3.63, 3.8) is 0 Å². The van der Waals surface area contributed by atoms with E-state index < -0.39 is 0 Å². The zero-order valence-corrected chi connectivity index (χ0v) is 14.5. The summed E-state index contributed by atoms with van der Waals surface area (Å²) >= 11 is 3.37. The molecule has 0 N–H and O–H groups in total. The van der Waals surface area contributed by atoms with E-state index in [1.165, 1.54) is 13.2 Å². The van der Waals surface area contributed by atoms with E-state index in [0.29, 0.717) is 22.8 Å². The first-order valence-electron chi connectivity index (χ1n) is 7.21. The van der Waals surface area contributed by atoms with Crippen molar-refractivity contribution in [3.05, 3.63) is 58.1 Å². The Labute approximate surface area is 147 Å². The Kier molecular flexibility index (Phi) is 5.17. The number of benzene rings is 2. The molecule has 2 aromatic carbocycles. The summed E-state index contributed by atoms with van der Waals surface area (Å²) in [7, 11) is 1.53. The van der Waals surface area contributed by atoms with E-state index in [2.05, 4.69) is 15.9 Å². The van der Waals surface area contributed by atoms with Crippen LogP contribution in [-0.2, 0) is 4.74 Å². The molecule has 6 heteroatoms. The molecule has 1 heterocycles. The number of ketones is 1. The number of halogens is 1. The van der Waals surface area contributed by atoms with E-state index in [9.17, 15) is 4.79 Å². The number of fused-ring (bicyclic) bond motifs is 1. The van der Waals surface area contributed by atoms with Gasteiger partial charge in [-0.2, -0.15) is 0 Å². The highest BCUT2D eigenvalue weighted by molar-refractivity contribution is 9.10. The summed E-state index contributed by atoms with van der Waals surface area (Å²) in [5.41, 5.74) is 1.31. The van der Waals surface area contributed by atoms with Gasteiger partial charge in [0, 0.05) is 11.6 Å². The minimum atomic E-state index is -0.167. The van der Waals surface area contributed by atoms with E-state index in [1.807, 2.05) is 24.3 Å². The topological polar surface area (TPSA) is 54.0 Å². The Morgan fingerprint density at radius 3 is 2.88 bits per heavy atom. The summed E-state index contributed by atoms with van der Waals surface area (Å²) < 4.78 is 21.7. The Balaban J connectivity index is 1.80. The average Bonchev–Trinajstić information content (AvgIpc) is 3.06. The first-order valence-corrected chi connectivity index (χ1v) is 8.00. The summed E-state index contributed by atoms with van der Waals surface area (Å²) in [6.07, 6.45) is 3.23. The minimum Gasteiger partial charge on any atom is -0.467 e. The Hall–Kier alpha value is -2.31. The van der Waals surface area contributed by atoms with Crippen molar-refractivity contribution in [1.82, 2.24) is 0 Å². The molecule has 0 amide bonds. The zero-order valence-electron chi connectivity index (χ0n) is 13.0. The predicted molar refractivity (Wildman–Crippen MR) is 92.6 cm³/mol. The lowest BCUT2D eigenvalue weighted by molar-refractivity contribution is 0.0503. The maximum absolute atomic E-state index is 12.5. The summed E-state index contributed by atoms with van der Waals surface area (Å²) in [6.45, 7) is 0.299. The number of allylic oxidation sites excluding steroid dienone is 1. The molecule has 0 unspecified atom stereocenters. The molecule has 0 saturated heterocycles. The molecule has 124 valence electrons. The van der Waals surface area contributed by atoms with Crippen LogP contribution in [0.1, 0.15) is 15.9 Å². The van der Waals surface area contributed by atoms with Gasteiger partial charge in [-0.1, -0.05) is 28.1 Å². The molecule has 3 rings (SSSR count). The van der Waals surface area contributed by atoms with Crippen LogP contribution in [0.2, 0.25) is 0 Å². The molecule has 0 radical (unpaired) electrons. The van der Waals surface area contributed by atoms with Crippen LogP contribution in [0.15, 0.2) is 46.9 Å². The molecule has 0 fully saturated rings. The van der Waals surface area contributed by atoms with Crippen LogP contribution in [-0.4, -0.2) is 26.5 Å². The molecular weight excluding hydrogens is 376 g/mol. The second kappa shape index (κ2) is 7.51. The lowest BCUT2D eigenvalue weighted by atomic mass is 10.1. The quantitative estimate of drug-likeness (QED) is 0.422. The fourth-order valence-electron chi connectivity index (χ4n) is 2.22. The lowest BCUT2D eigenvalue weighted by Crippen LogP contribution is -2.04. The Morgan fingerprint density at radius 2 is 2.04 bits per heavy atom. The van der Waals surface area contributed by atoms with Crippen LogP contribution in [0.3, 0.4) is 0 Å². The first-order chi connectivity index (χ1) is 11.7. The molecule has 0 aromatic heterocycles. The van der Waals surface area contributed by atoms with Crippen LogP contribution in [0.5, 0.6) is 17.2 Å². The molecule has 5 nitrogen and oxygen atoms in total. The summed E-state index contributed by atoms with van der Waals surface area (Å²) in [5.74, 6) is 1.69. The number of ether oxygens (including phenoxy) is 4. The molecule has 0 bridgehead atoms. The van der Waals surface area contributed by atoms with Gasteiger partial charge in [-0.3, -0.25) is 4.79 Å². The van der Waals surface area contributed by atoms with Crippen LogP contribution in [0, 0.1) is 0 Å². The van der Waals surface area contributed by atoms with E-state index in [4.69, 9.17) is 18.9 Å². The normalized spacial score (nSPS) is 12.6. The average molecular weight is 391 g/mol. The SMILES string of the molecule is COCOc1ccc(Br)cc1C(=O)/C=C/c1ccc2c(c1)OCO2. The van der Waals surface area contributed by atoms with Gasteiger partial charge < -0.3 is 18.9 Å². The van der Waals surface area contributed by atoms with Gasteiger partial charge in [0.05, 0.1) is 5.56 Å². The maximum Gasteiger partial charge on any atom is 0.231 e. The molecular formula is C18H15BrO5. The van der Waals surface area contributed by atoms with E-state index in [0.717, 1.165) is 10.0 Å².